The van der Waals surface area contributed by atoms with E-state index in [1.54, 1.807) is 44.6 Å². The zero-order valence-electron chi connectivity index (χ0n) is 18.1. The number of hydrogen-bond donors (Lipinski definition) is 4. The quantitative estimate of drug-likeness (QED) is 0.321. The number of nitrogens with one attached hydrogen (secondary N) is 3. The van der Waals surface area contributed by atoms with Crippen molar-refractivity contribution in [2.24, 2.45) is 0 Å². The van der Waals surface area contributed by atoms with Gasteiger partial charge in [-0.2, -0.15) is 10.2 Å². The Bertz CT molecular complexity index is 1200. The molecule has 1 atom stereocenters. The molecule has 0 saturated heterocycles. The lowest BCUT2D eigenvalue weighted by atomic mass is 10.1. The van der Waals surface area contributed by atoms with Crippen LogP contribution >= 0.6 is 0 Å². The van der Waals surface area contributed by atoms with Crippen LogP contribution in [0.1, 0.15) is 22.0 Å². The Morgan fingerprint density at radius 3 is 2.52 bits per heavy atom. The summed E-state index contributed by atoms with van der Waals surface area (Å²) in [6.07, 6.45) is 1.58. The van der Waals surface area contributed by atoms with Crippen molar-refractivity contribution in [3.8, 4) is 11.4 Å². The number of H-pyrrole nitrogens is 1. The Kier molecular flexibility index (Phi) is 6.51. The molecule has 0 saturated carbocycles. The number of aliphatic hydroxyl groups excluding tert-OH is 1. The average Bonchev–Trinajstić information content (AvgIpc) is 3.38. The predicted molar refractivity (Wildman–Crippen MR) is 123 cm³/mol. The highest BCUT2D eigenvalue weighted by Crippen LogP contribution is 2.28. The number of tetrazole rings is 1. The van der Waals surface area contributed by atoms with E-state index in [4.69, 9.17) is 0 Å². The molecule has 33 heavy (non-hydrogen) atoms. The van der Waals surface area contributed by atoms with E-state index in [9.17, 15) is 9.90 Å². The summed E-state index contributed by atoms with van der Waals surface area (Å²) in [4.78, 5) is 22.6. The second kappa shape index (κ2) is 9.83. The Morgan fingerprint density at radius 1 is 1.12 bits per heavy atom. The molecule has 0 spiro atoms. The maximum absolute atomic E-state index is 12.1. The third-order valence-electron chi connectivity index (χ3n) is 4.86. The number of benzene rings is 2. The summed E-state index contributed by atoms with van der Waals surface area (Å²) in [5.74, 6) is 0.988. The van der Waals surface area contributed by atoms with Gasteiger partial charge in [-0.3, -0.25) is 4.79 Å². The molecule has 0 aliphatic rings. The van der Waals surface area contributed by atoms with Crippen molar-refractivity contribution in [2.45, 2.75) is 6.04 Å². The summed E-state index contributed by atoms with van der Waals surface area (Å²) >= 11 is 0. The fraction of sp³-hybridized carbons (Fsp3) is 0.182. The lowest BCUT2D eigenvalue weighted by Crippen LogP contribution is -2.21. The zero-order valence-corrected chi connectivity index (χ0v) is 18.1. The maximum atomic E-state index is 12.1. The van der Waals surface area contributed by atoms with Crippen molar-refractivity contribution in [3.05, 3.63) is 71.9 Å². The van der Waals surface area contributed by atoms with E-state index in [0.717, 1.165) is 5.56 Å². The van der Waals surface area contributed by atoms with E-state index in [2.05, 4.69) is 41.2 Å². The number of nitrogens with zero attached hydrogens (tertiary/aromatic N) is 6. The van der Waals surface area contributed by atoms with E-state index in [1.165, 1.54) is 4.90 Å². The predicted octanol–water partition coefficient (Wildman–Crippen LogP) is 2.25. The van der Waals surface area contributed by atoms with Crippen LogP contribution in [0, 0.1) is 0 Å². The first-order valence-electron chi connectivity index (χ1n) is 10.2. The molecule has 0 fully saturated rings. The Balaban J connectivity index is 1.62. The standard InChI is InChI=1S/C22H23N9O2/c1-31(2)21(33)15-8-10-16(11-9-15)24-22-23-12-17(20-27-29-30-28-20)19(26-22)25-18(13-32)14-6-4-3-5-7-14/h3-12,18,32H,13H2,1-2H3,(H2,23,24,25,26)(H,27,28,29,30)/t18-/m1/s1. The minimum absolute atomic E-state index is 0.0790. The fourth-order valence-electron chi connectivity index (χ4n) is 3.16. The molecular formula is C22H23N9O2. The number of carbonyl (C=O) groups excluding carboxylic acids is 1. The number of anilines is 3. The molecule has 0 bridgehead atoms. The molecule has 0 radical (unpaired) electrons. The molecular weight excluding hydrogens is 422 g/mol. The lowest BCUT2D eigenvalue weighted by Gasteiger charge is -2.19. The van der Waals surface area contributed by atoms with Crippen LogP contribution in [-0.4, -0.2) is 67.2 Å². The first-order valence-corrected chi connectivity index (χ1v) is 10.2. The van der Waals surface area contributed by atoms with Gasteiger partial charge in [-0.15, -0.1) is 10.2 Å². The van der Waals surface area contributed by atoms with E-state index in [1.807, 2.05) is 30.3 Å². The van der Waals surface area contributed by atoms with Crippen LogP contribution in [0.4, 0.5) is 17.5 Å². The molecule has 4 aromatic rings. The second-order valence-electron chi connectivity index (χ2n) is 7.38. The summed E-state index contributed by atoms with van der Waals surface area (Å²) < 4.78 is 0. The fourth-order valence-corrected chi connectivity index (χ4v) is 3.16. The first kappa shape index (κ1) is 21.8. The third-order valence-corrected chi connectivity index (χ3v) is 4.86. The number of aliphatic hydroxyl groups is 1. The van der Waals surface area contributed by atoms with Crippen LogP contribution in [0.5, 0.6) is 0 Å². The lowest BCUT2D eigenvalue weighted by molar-refractivity contribution is 0.0827. The molecule has 0 aliphatic heterocycles. The number of carbonyl (C=O) groups is 1. The van der Waals surface area contributed by atoms with Crippen LogP contribution in [0.25, 0.3) is 11.4 Å². The van der Waals surface area contributed by atoms with Crippen molar-refractivity contribution >= 4 is 23.4 Å². The van der Waals surface area contributed by atoms with Gasteiger partial charge < -0.3 is 20.6 Å². The Hall–Kier alpha value is -4.38. The first-order chi connectivity index (χ1) is 16.0. The second-order valence-corrected chi connectivity index (χ2v) is 7.38. The van der Waals surface area contributed by atoms with E-state index < -0.39 is 6.04 Å². The van der Waals surface area contributed by atoms with Crippen molar-refractivity contribution in [1.82, 2.24) is 35.5 Å². The highest BCUT2D eigenvalue weighted by Gasteiger charge is 2.18. The van der Waals surface area contributed by atoms with Crippen molar-refractivity contribution < 1.29 is 9.90 Å². The molecule has 1 amide bonds. The molecule has 2 heterocycles. The normalized spacial score (nSPS) is 11.6. The monoisotopic (exact) mass is 445 g/mol. The number of aromatic nitrogens is 6. The van der Waals surface area contributed by atoms with Gasteiger partial charge in [0, 0.05) is 31.5 Å². The Morgan fingerprint density at radius 2 is 1.88 bits per heavy atom. The van der Waals surface area contributed by atoms with Gasteiger partial charge in [0.15, 0.2) is 0 Å². The van der Waals surface area contributed by atoms with Gasteiger partial charge in [-0.1, -0.05) is 30.3 Å². The van der Waals surface area contributed by atoms with Crippen molar-refractivity contribution in [2.75, 3.05) is 31.3 Å². The summed E-state index contributed by atoms with van der Waals surface area (Å²) in [5.41, 5.74) is 2.71. The molecule has 2 aromatic carbocycles. The number of rotatable bonds is 8. The summed E-state index contributed by atoms with van der Waals surface area (Å²) in [6.45, 7) is -0.149. The molecule has 4 N–H and O–H groups in total. The van der Waals surface area contributed by atoms with Gasteiger partial charge in [0.25, 0.3) is 5.91 Å². The van der Waals surface area contributed by atoms with Crippen molar-refractivity contribution in [1.29, 1.82) is 0 Å². The SMILES string of the molecule is CN(C)C(=O)c1ccc(Nc2ncc(-c3nn[nH]n3)c(N[C@H](CO)c3ccccc3)n2)cc1. The van der Waals surface area contributed by atoms with Gasteiger partial charge in [0.05, 0.1) is 18.2 Å². The molecule has 0 aliphatic carbocycles. The maximum Gasteiger partial charge on any atom is 0.253 e. The van der Waals surface area contributed by atoms with Crippen LogP contribution in [-0.2, 0) is 0 Å². The van der Waals surface area contributed by atoms with Gasteiger partial charge >= 0.3 is 0 Å². The van der Waals surface area contributed by atoms with E-state index >= 15 is 0 Å². The van der Waals surface area contributed by atoms with E-state index in [0.29, 0.717) is 34.4 Å². The molecule has 2 aromatic heterocycles. The number of aromatic amines is 1. The average molecular weight is 445 g/mol. The number of hydrogen-bond acceptors (Lipinski definition) is 9. The molecule has 168 valence electrons. The number of amides is 1. The van der Waals surface area contributed by atoms with Gasteiger partial charge in [-0.05, 0) is 35.0 Å². The molecule has 4 rings (SSSR count). The molecule has 0 unspecified atom stereocenters. The van der Waals surface area contributed by atoms with Crippen LogP contribution < -0.4 is 10.6 Å². The highest BCUT2D eigenvalue weighted by molar-refractivity contribution is 5.94. The zero-order chi connectivity index (χ0) is 23.2. The topological polar surface area (TPSA) is 145 Å². The minimum Gasteiger partial charge on any atom is -0.394 e. The van der Waals surface area contributed by atoms with Crippen LogP contribution in [0.15, 0.2) is 60.8 Å². The third kappa shape index (κ3) is 5.10. The largest absolute Gasteiger partial charge is 0.394 e. The molecule has 11 heteroatoms. The van der Waals surface area contributed by atoms with E-state index in [-0.39, 0.29) is 12.5 Å². The summed E-state index contributed by atoms with van der Waals surface area (Å²) in [6, 6.07) is 16.2. The minimum atomic E-state index is -0.407. The van der Waals surface area contributed by atoms with Gasteiger partial charge in [0.2, 0.25) is 11.8 Å². The van der Waals surface area contributed by atoms with Crippen molar-refractivity contribution in [3.63, 3.8) is 0 Å². The Labute approximate surface area is 189 Å². The highest BCUT2D eigenvalue weighted by atomic mass is 16.3. The van der Waals surface area contributed by atoms with Crippen LogP contribution in [0.2, 0.25) is 0 Å². The molecule has 11 nitrogen and oxygen atoms in total. The van der Waals surface area contributed by atoms with Gasteiger partial charge in [-0.25, -0.2) is 4.98 Å². The van der Waals surface area contributed by atoms with Crippen LogP contribution in [0.3, 0.4) is 0 Å². The summed E-state index contributed by atoms with van der Waals surface area (Å²) in [7, 11) is 3.41. The summed E-state index contributed by atoms with van der Waals surface area (Å²) in [5, 5.41) is 30.4. The van der Waals surface area contributed by atoms with Gasteiger partial charge in [0.1, 0.15) is 5.82 Å². The smallest absolute Gasteiger partial charge is 0.253 e.